The highest BCUT2D eigenvalue weighted by molar-refractivity contribution is 14.1. The number of ether oxygens (including phenoxy) is 1. The van der Waals surface area contributed by atoms with Crippen molar-refractivity contribution in [2.45, 2.75) is 25.9 Å². The predicted molar refractivity (Wildman–Crippen MR) is 124 cm³/mol. The number of nitrogens with zero attached hydrogens (tertiary/aromatic N) is 2. The van der Waals surface area contributed by atoms with Crippen LogP contribution in [0.25, 0.3) is 0 Å². The van der Waals surface area contributed by atoms with Crippen LogP contribution in [0.1, 0.15) is 34.7 Å². The zero-order valence-electron chi connectivity index (χ0n) is 15.9. The first kappa shape index (κ1) is 19.2. The highest BCUT2D eigenvalue weighted by Crippen LogP contribution is 2.44. The Labute approximate surface area is 183 Å². The lowest BCUT2D eigenvalue weighted by atomic mass is 9.96. The molecule has 0 aliphatic carbocycles. The molecule has 4 rings (SSSR count). The Bertz CT molecular complexity index is 1000. The van der Waals surface area contributed by atoms with Crippen molar-refractivity contribution < 1.29 is 4.74 Å². The fraction of sp³-hybridized carbons (Fsp3) is 0.238. The van der Waals surface area contributed by atoms with Gasteiger partial charge in [0.25, 0.3) is 0 Å². The van der Waals surface area contributed by atoms with E-state index in [0.29, 0.717) is 5.11 Å². The maximum absolute atomic E-state index is 5.77. The van der Waals surface area contributed by atoms with Gasteiger partial charge in [0.2, 0.25) is 0 Å². The molecule has 0 spiro atoms. The quantitative estimate of drug-likeness (QED) is 0.395. The van der Waals surface area contributed by atoms with Crippen molar-refractivity contribution in [3.05, 3.63) is 74.9 Å². The van der Waals surface area contributed by atoms with Crippen LogP contribution in [-0.4, -0.2) is 22.2 Å². The number of benzene rings is 1. The van der Waals surface area contributed by atoms with Gasteiger partial charge in [0.05, 0.1) is 24.9 Å². The standard InChI is InChI=1S/C21H21IN4OS/c1-12-17(18(22)13(2)24-12)20-19(16-6-4-5-11-23-16)25-21(28)26(20)14-7-9-15(27-3)10-8-14/h4-11,19-20,24H,1-3H3,(H,25,28)/t19-,20-/m1/s1. The van der Waals surface area contributed by atoms with Gasteiger partial charge in [-0.1, -0.05) is 6.07 Å². The SMILES string of the molecule is COc1ccc(N2C(=S)N[C@H](c3ccccn3)[C@H]2c2c(C)[nH]c(C)c2I)cc1. The van der Waals surface area contributed by atoms with E-state index in [9.17, 15) is 0 Å². The topological polar surface area (TPSA) is 53.2 Å². The molecule has 2 aromatic heterocycles. The molecule has 1 aliphatic heterocycles. The van der Waals surface area contributed by atoms with Gasteiger partial charge >= 0.3 is 0 Å². The first-order valence-corrected chi connectivity index (χ1v) is 10.5. The van der Waals surface area contributed by atoms with Crippen LogP contribution in [0.2, 0.25) is 0 Å². The molecule has 144 valence electrons. The number of aromatic nitrogens is 2. The van der Waals surface area contributed by atoms with Crippen LogP contribution in [0.15, 0.2) is 48.7 Å². The molecule has 3 heterocycles. The molecule has 0 bridgehead atoms. The van der Waals surface area contributed by atoms with Gasteiger partial charge in [-0.05, 0) is 85.1 Å². The average molecular weight is 504 g/mol. The molecule has 0 saturated carbocycles. The van der Waals surface area contributed by atoms with Gasteiger partial charge in [0, 0.05) is 32.4 Å². The Balaban J connectivity index is 1.87. The van der Waals surface area contributed by atoms with Crippen LogP contribution in [0.4, 0.5) is 5.69 Å². The number of H-pyrrole nitrogens is 1. The maximum atomic E-state index is 5.77. The fourth-order valence-electron chi connectivity index (χ4n) is 3.79. The van der Waals surface area contributed by atoms with Crippen molar-refractivity contribution in [1.29, 1.82) is 0 Å². The van der Waals surface area contributed by atoms with Crippen LogP contribution < -0.4 is 15.0 Å². The molecule has 1 aliphatic rings. The zero-order valence-corrected chi connectivity index (χ0v) is 18.8. The van der Waals surface area contributed by atoms with Crippen molar-refractivity contribution in [2.75, 3.05) is 12.0 Å². The van der Waals surface area contributed by atoms with Crippen LogP contribution in [-0.2, 0) is 0 Å². The fourth-order valence-corrected chi connectivity index (χ4v) is 5.00. The number of rotatable bonds is 4. The second kappa shape index (κ2) is 7.71. The molecule has 1 aromatic carbocycles. The van der Waals surface area contributed by atoms with E-state index < -0.39 is 0 Å². The molecule has 1 saturated heterocycles. The lowest BCUT2D eigenvalue weighted by Crippen LogP contribution is -2.29. The van der Waals surface area contributed by atoms with Gasteiger partial charge in [0.1, 0.15) is 5.75 Å². The molecule has 28 heavy (non-hydrogen) atoms. The highest BCUT2D eigenvalue weighted by Gasteiger charge is 2.42. The smallest absolute Gasteiger partial charge is 0.174 e. The molecular weight excluding hydrogens is 483 g/mol. The van der Waals surface area contributed by atoms with E-state index in [1.54, 1.807) is 7.11 Å². The molecule has 0 amide bonds. The van der Waals surface area contributed by atoms with Crippen molar-refractivity contribution in [2.24, 2.45) is 0 Å². The van der Waals surface area contributed by atoms with E-state index in [0.717, 1.165) is 22.8 Å². The molecule has 2 N–H and O–H groups in total. The predicted octanol–water partition coefficient (Wildman–Crippen LogP) is 4.82. The third-order valence-electron chi connectivity index (χ3n) is 5.09. The van der Waals surface area contributed by atoms with E-state index >= 15 is 0 Å². The van der Waals surface area contributed by atoms with E-state index in [1.165, 1.54) is 14.8 Å². The summed E-state index contributed by atoms with van der Waals surface area (Å²) in [7, 11) is 1.67. The van der Waals surface area contributed by atoms with Gasteiger partial charge in [-0.2, -0.15) is 0 Å². The van der Waals surface area contributed by atoms with Gasteiger partial charge in [0.15, 0.2) is 5.11 Å². The number of aromatic amines is 1. The van der Waals surface area contributed by atoms with E-state index in [4.69, 9.17) is 17.0 Å². The lowest BCUT2D eigenvalue weighted by Gasteiger charge is -2.28. The Hall–Kier alpha value is -2.13. The molecule has 0 unspecified atom stereocenters. The highest BCUT2D eigenvalue weighted by atomic mass is 127. The summed E-state index contributed by atoms with van der Waals surface area (Å²) in [6, 6.07) is 14.0. The minimum absolute atomic E-state index is 0.00681. The van der Waals surface area contributed by atoms with E-state index in [2.05, 4.69) is 56.6 Å². The number of anilines is 1. The number of nitrogens with one attached hydrogen (secondary N) is 2. The molecule has 5 nitrogen and oxygen atoms in total. The Morgan fingerprint density at radius 3 is 2.43 bits per heavy atom. The second-order valence-electron chi connectivity index (χ2n) is 6.80. The normalized spacial score (nSPS) is 19.0. The Kier molecular flexibility index (Phi) is 5.29. The third-order valence-corrected chi connectivity index (χ3v) is 6.79. The van der Waals surface area contributed by atoms with Crippen LogP contribution >= 0.6 is 34.8 Å². The summed E-state index contributed by atoms with van der Waals surface area (Å²) >= 11 is 8.20. The zero-order chi connectivity index (χ0) is 19.8. The monoisotopic (exact) mass is 504 g/mol. The van der Waals surface area contributed by atoms with E-state index in [-0.39, 0.29) is 12.1 Å². The minimum Gasteiger partial charge on any atom is -0.497 e. The van der Waals surface area contributed by atoms with Gasteiger partial charge in [-0.25, -0.2) is 0 Å². The summed E-state index contributed by atoms with van der Waals surface area (Å²) in [5.41, 5.74) is 5.56. The summed E-state index contributed by atoms with van der Waals surface area (Å²) in [5.74, 6) is 0.822. The summed E-state index contributed by atoms with van der Waals surface area (Å²) in [6.07, 6.45) is 1.83. The van der Waals surface area contributed by atoms with Gasteiger partial charge < -0.3 is 19.9 Å². The largest absolute Gasteiger partial charge is 0.497 e. The molecule has 7 heteroatoms. The second-order valence-corrected chi connectivity index (χ2v) is 8.26. The number of hydrogen-bond donors (Lipinski definition) is 2. The number of methoxy groups -OCH3 is 1. The number of thiocarbonyl (C=S) groups is 1. The number of halogens is 1. The molecule has 1 fully saturated rings. The van der Waals surface area contributed by atoms with Gasteiger partial charge in [-0.15, -0.1) is 0 Å². The van der Waals surface area contributed by atoms with Crippen LogP contribution in [0.5, 0.6) is 5.75 Å². The van der Waals surface area contributed by atoms with Crippen molar-refractivity contribution >= 4 is 45.6 Å². The lowest BCUT2D eigenvalue weighted by molar-refractivity contribution is 0.415. The van der Waals surface area contributed by atoms with Crippen LogP contribution in [0.3, 0.4) is 0 Å². The molecule has 2 atom stereocenters. The molecule has 3 aromatic rings. The first-order chi connectivity index (χ1) is 13.5. The average Bonchev–Trinajstić information content (AvgIpc) is 3.17. The van der Waals surface area contributed by atoms with E-state index in [1.807, 2.05) is 48.7 Å². The minimum atomic E-state index is -0.0433. The molecule has 0 radical (unpaired) electrons. The van der Waals surface area contributed by atoms with Crippen LogP contribution in [0, 0.1) is 17.4 Å². The van der Waals surface area contributed by atoms with Crippen molar-refractivity contribution in [3.8, 4) is 5.75 Å². The molecular formula is C21H21IN4OS. The summed E-state index contributed by atoms with van der Waals surface area (Å²) in [5, 5.41) is 4.20. The van der Waals surface area contributed by atoms with Crippen molar-refractivity contribution in [1.82, 2.24) is 15.3 Å². The summed E-state index contributed by atoms with van der Waals surface area (Å²) < 4.78 is 6.55. The van der Waals surface area contributed by atoms with Gasteiger partial charge in [-0.3, -0.25) is 4.98 Å². The summed E-state index contributed by atoms with van der Waals surface area (Å²) in [6.45, 7) is 4.22. The first-order valence-electron chi connectivity index (χ1n) is 9.00. The van der Waals surface area contributed by atoms with Crippen molar-refractivity contribution in [3.63, 3.8) is 0 Å². The number of aryl methyl sites for hydroxylation is 2. The third kappa shape index (κ3) is 3.26. The number of hydrogen-bond acceptors (Lipinski definition) is 3. The number of pyridine rings is 1. The Morgan fingerprint density at radius 2 is 1.86 bits per heavy atom. The summed E-state index contributed by atoms with van der Waals surface area (Å²) in [4.78, 5) is 10.3. The Morgan fingerprint density at radius 1 is 1.11 bits per heavy atom. The maximum Gasteiger partial charge on any atom is 0.174 e.